The summed E-state index contributed by atoms with van der Waals surface area (Å²) < 4.78 is 5.43. The van der Waals surface area contributed by atoms with E-state index in [0.717, 1.165) is 11.1 Å². The zero-order valence-corrected chi connectivity index (χ0v) is 17.7. The Morgan fingerprint density at radius 2 is 1.59 bits per heavy atom. The minimum absolute atomic E-state index is 0.0163. The Morgan fingerprint density at radius 1 is 0.969 bits per heavy atom. The number of morpholine rings is 1. The summed E-state index contributed by atoms with van der Waals surface area (Å²) in [6.45, 7) is 0.691. The smallest absolute Gasteiger partial charge is 0.249 e. The average Bonchev–Trinajstić information content (AvgIpc) is 2.82. The summed E-state index contributed by atoms with van der Waals surface area (Å²) in [5.41, 5.74) is 3.25. The van der Waals surface area contributed by atoms with E-state index in [4.69, 9.17) is 4.74 Å². The van der Waals surface area contributed by atoms with Gasteiger partial charge in [0.05, 0.1) is 19.1 Å². The number of benzene rings is 3. The summed E-state index contributed by atoms with van der Waals surface area (Å²) in [6, 6.07) is 25.8. The van der Waals surface area contributed by atoms with Crippen molar-refractivity contribution in [3.05, 3.63) is 102 Å². The predicted molar refractivity (Wildman–Crippen MR) is 122 cm³/mol. The Morgan fingerprint density at radius 3 is 2.25 bits per heavy atom. The lowest BCUT2D eigenvalue weighted by Crippen LogP contribution is -2.51. The SMILES string of the molecule is O=C(Cc1ccccc1)Nc1ccc(C(O)C2COCC(=O)N2Cc2ccccc2)cc1. The molecule has 2 N–H and O–H groups in total. The van der Waals surface area contributed by atoms with Gasteiger partial charge in [0.15, 0.2) is 0 Å². The van der Waals surface area contributed by atoms with E-state index in [1.165, 1.54) is 0 Å². The highest BCUT2D eigenvalue weighted by Crippen LogP contribution is 2.26. The molecule has 2 amide bonds. The lowest BCUT2D eigenvalue weighted by Gasteiger charge is -2.38. The van der Waals surface area contributed by atoms with Crippen molar-refractivity contribution in [3.63, 3.8) is 0 Å². The van der Waals surface area contributed by atoms with E-state index < -0.39 is 12.1 Å². The van der Waals surface area contributed by atoms with Crippen LogP contribution < -0.4 is 5.32 Å². The third-order valence-corrected chi connectivity index (χ3v) is 5.54. The molecule has 2 unspecified atom stereocenters. The summed E-state index contributed by atoms with van der Waals surface area (Å²) in [6.07, 6.45) is -0.613. The van der Waals surface area contributed by atoms with Gasteiger partial charge in [0.2, 0.25) is 11.8 Å². The molecule has 1 saturated heterocycles. The van der Waals surface area contributed by atoms with Crippen LogP contribution in [0.15, 0.2) is 84.9 Å². The van der Waals surface area contributed by atoms with Crippen molar-refractivity contribution in [2.75, 3.05) is 18.5 Å². The van der Waals surface area contributed by atoms with Crippen LogP contribution in [-0.2, 0) is 27.3 Å². The van der Waals surface area contributed by atoms with Crippen molar-refractivity contribution in [1.29, 1.82) is 0 Å². The first-order valence-electron chi connectivity index (χ1n) is 10.6. The van der Waals surface area contributed by atoms with Crippen LogP contribution in [-0.4, -0.2) is 41.1 Å². The Hall–Kier alpha value is -3.48. The molecule has 164 valence electrons. The van der Waals surface area contributed by atoms with Gasteiger partial charge in [-0.05, 0) is 28.8 Å². The number of nitrogens with one attached hydrogen (secondary N) is 1. The number of aliphatic hydroxyl groups excluding tert-OH is 1. The van der Waals surface area contributed by atoms with Crippen molar-refractivity contribution >= 4 is 17.5 Å². The maximum atomic E-state index is 12.5. The van der Waals surface area contributed by atoms with Crippen molar-refractivity contribution in [1.82, 2.24) is 4.90 Å². The van der Waals surface area contributed by atoms with Gasteiger partial charge in [0, 0.05) is 12.2 Å². The number of carbonyl (C=O) groups is 2. The van der Waals surface area contributed by atoms with Crippen LogP contribution in [0.5, 0.6) is 0 Å². The quantitative estimate of drug-likeness (QED) is 0.603. The average molecular weight is 431 g/mol. The number of nitrogens with zero attached hydrogens (tertiary/aromatic N) is 1. The molecule has 1 fully saturated rings. The molecule has 0 spiro atoms. The molecule has 1 aliphatic rings. The van der Waals surface area contributed by atoms with E-state index in [2.05, 4.69) is 5.32 Å². The Bertz CT molecular complexity index is 1040. The van der Waals surface area contributed by atoms with Gasteiger partial charge in [-0.1, -0.05) is 72.8 Å². The molecule has 0 radical (unpaired) electrons. The second-order valence-electron chi connectivity index (χ2n) is 7.87. The van der Waals surface area contributed by atoms with Crippen molar-refractivity contribution < 1.29 is 19.4 Å². The molecule has 0 aromatic heterocycles. The lowest BCUT2D eigenvalue weighted by molar-refractivity contribution is -0.155. The molecule has 1 heterocycles. The van der Waals surface area contributed by atoms with Crippen molar-refractivity contribution in [2.45, 2.75) is 25.1 Å². The fourth-order valence-corrected chi connectivity index (χ4v) is 3.84. The fraction of sp³-hybridized carbons (Fsp3) is 0.231. The number of ether oxygens (including phenoxy) is 1. The van der Waals surface area contributed by atoms with Crippen LogP contribution in [0.25, 0.3) is 0 Å². The minimum atomic E-state index is -0.906. The Kier molecular flexibility index (Phi) is 6.94. The van der Waals surface area contributed by atoms with Crippen LogP contribution in [0.3, 0.4) is 0 Å². The highest BCUT2D eigenvalue weighted by Gasteiger charge is 2.34. The molecule has 0 saturated carbocycles. The van der Waals surface area contributed by atoms with Crippen molar-refractivity contribution in [2.24, 2.45) is 0 Å². The number of amides is 2. The molecule has 6 heteroatoms. The number of rotatable bonds is 7. The van der Waals surface area contributed by atoms with Gasteiger partial charge in [-0.15, -0.1) is 0 Å². The standard InChI is InChI=1S/C26H26N2O4/c29-24(15-19-7-3-1-4-8-19)27-22-13-11-21(12-14-22)26(31)23-17-32-18-25(30)28(23)16-20-9-5-2-6-10-20/h1-14,23,26,31H,15-18H2,(H,27,29). The zero-order chi connectivity index (χ0) is 22.3. The van der Waals surface area contributed by atoms with Crippen LogP contribution in [0.2, 0.25) is 0 Å². The van der Waals surface area contributed by atoms with Crippen LogP contribution >= 0.6 is 0 Å². The van der Waals surface area contributed by atoms with Crippen molar-refractivity contribution in [3.8, 4) is 0 Å². The highest BCUT2D eigenvalue weighted by molar-refractivity contribution is 5.92. The minimum Gasteiger partial charge on any atom is -0.386 e. The summed E-state index contributed by atoms with van der Waals surface area (Å²) in [5.74, 6) is -0.251. The van der Waals surface area contributed by atoms with E-state index in [0.29, 0.717) is 24.2 Å². The molecule has 3 aromatic carbocycles. The van der Waals surface area contributed by atoms with Gasteiger partial charge >= 0.3 is 0 Å². The van der Waals surface area contributed by atoms with E-state index in [1.807, 2.05) is 60.7 Å². The molecule has 2 atom stereocenters. The summed E-state index contributed by atoms with van der Waals surface area (Å²) in [7, 11) is 0. The van der Waals surface area contributed by atoms with Gasteiger partial charge in [0.25, 0.3) is 0 Å². The monoisotopic (exact) mass is 430 g/mol. The van der Waals surface area contributed by atoms with Crippen LogP contribution in [0.1, 0.15) is 22.8 Å². The molecule has 4 rings (SSSR count). The molecule has 0 bridgehead atoms. The third-order valence-electron chi connectivity index (χ3n) is 5.54. The zero-order valence-electron chi connectivity index (χ0n) is 17.7. The lowest BCUT2D eigenvalue weighted by atomic mass is 9.99. The number of hydrogen-bond donors (Lipinski definition) is 2. The van der Waals surface area contributed by atoms with E-state index in [-0.39, 0.29) is 25.0 Å². The topological polar surface area (TPSA) is 78.9 Å². The fourth-order valence-electron chi connectivity index (χ4n) is 3.84. The molecular weight excluding hydrogens is 404 g/mol. The van der Waals surface area contributed by atoms with E-state index in [9.17, 15) is 14.7 Å². The largest absolute Gasteiger partial charge is 0.386 e. The number of hydrogen-bond acceptors (Lipinski definition) is 4. The summed E-state index contributed by atoms with van der Waals surface area (Å²) >= 11 is 0. The van der Waals surface area contributed by atoms with Gasteiger partial charge in [-0.2, -0.15) is 0 Å². The van der Waals surface area contributed by atoms with Gasteiger partial charge in [-0.25, -0.2) is 0 Å². The maximum absolute atomic E-state index is 12.5. The number of carbonyl (C=O) groups excluding carboxylic acids is 2. The van der Waals surface area contributed by atoms with Crippen LogP contribution in [0.4, 0.5) is 5.69 Å². The third kappa shape index (κ3) is 5.41. The van der Waals surface area contributed by atoms with E-state index in [1.54, 1.807) is 29.2 Å². The summed E-state index contributed by atoms with van der Waals surface area (Å²) in [4.78, 5) is 26.5. The second-order valence-corrected chi connectivity index (χ2v) is 7.87. The highest BCUT2D eigenvalue weighted by atomic mass is 16.5. The first-order valence-corrected chi connectivity index (χ1v) is 10.6. The molecule has 32 heavy (non-hydrogen) atoms. The van der Waals surface area contributed by atoms with Gasteiger partial charge in [-0.3, -0.25) is 9.59 Å². The molecule has 3 aromatic rings. The number of aliphatic hydroxyl groups is 1. The van der Waals surface area contributed by atoms with Gasteiger partial charge in [0.1, 0.15) is 12.7 Å². The molecule has 6 nitrogen and oxygen atoms in total. The normalized spacial score (nSPS) is 17.1. The number of anilines is 1. The Labute approximate surface area is 187 Å². The molecule has 1 aliphatic heterocycles. The second kappa shape index (κ2) is 10.2. The van der Waals surface area contributed by atoms with E-state index >= 15 is 0 Å². The molecular formula is C26H26N2O4. The Balaban J connectivity index is 1.42. The maximum Gasteiger partial charge on any atom is 0.249 e. The van der Waals surface area contributed by atoms with Gasteiger partial charge < -0.3 is 20.1 Å². The predicted octanol–water partition coefficient (Wildman–Crippen LogP) is 3.33. The van der Waals surface area contributed by atoms with Crippen LogP contribution in [0, 0.1) is 0 Å². The molecule has 0 aliphatic carbocycles. The summed E-state index contributed by atoms with van der Waals surface area (Å²) in [5, 5.41) is 13.9. The first kappa shape index (κ1) is 21.7. The first-order chi connectivity index (χ1) is 15.6.